The first-order valence-corrected chi connectivity index (χ1v) is 5.19. The number of nitrogens with two attached hydrogens (primary N) is 1. The molecule has 1 fully saturated rings. The maximum atomic E-state index is 10.7. The Balaban J connectivity index is 2.25. The molecular formula is C8H9BrN4O2. The minimum atomic E-state index is -0.464. The van der Waals surface area contributed by atoms with E-state index in [1.807, 2.05) is 0 Å². The third-order valence-corrected chi connectivity index (χ3v) is 2.63. The van der Waals surface area contributed by atoms with Gasteiger partial charge in [-0.15, -0.1) is 0 Å². The van der Waals surface area contributed by atoms with Crippen molar-refractivity contribution >= 4 is 27.4 Å². The molecule has 0 aliphatic heterocycles. The van der Waals surface area contributed by atoms with Crippen molar-refractivity contribution in [3.05, 3.63) is 26.9 Å². The summed E-state index contributed by atoms with van der Waals surface area (Å²) in [5.41, 5.74) is 5.56. The van der Waals surface area contributed by atoms with Crippen LogP contribution in [0.2, 0.25) is 0 Å². The summed E-state index contributed by atoms with van der Waals surface area (Å²) in [5.74, 6) is 0.279. The second kappa shape index (κ2) is 3.74. The van der Waals surface area contributed by atoms with Crippen molar-refractivity contribution in [1.29, 1.82) is 0 Å². The standard InChI is InChI=1S/C8H9BrN4O2/c9-4-1-7(13(14)15)8(11-3-4)12-6-2-5(6)10/h1,3,5-6H,2,10H2,(H,11,12). The number of nitrogens with one attached hydrogen (secondary N) is 1. The summed E-state index contributed by atoms with van der Waals surface area (Å²) in [6, 6.07) is 1.61. The van der Waals surface area contributed by atoms with Gasteiger partial charge in [0.1, 0.15) is 0 Å². The van der Waals surface area contributed by atoms with E-state index < -0.39 is 4.92 Å². The Labute approximate surface area is 94.2 Å². The predicted molar refractivity (Wildman–Crippen MR) is 58.6 cm³/mol. The third kappa shape index (κ3) is 2.24. The van der Waals surface area contributed by atoms with E-state index in [1.165, 1.54) is 12.3 Å². The highest BCUT2D eigenvalue weighted by Crippen LogP contribution is 2.30. The number of hydrogen-bond acceptors (Lipinski definition) is 5. The second-order valence-corrected chi connectivity index (χ2v) is 4.34. The fourth-order valence-corrected chi connectivity index (χ4v) is 1.55. The molecule has 1 heterocycles. The molecule has 3 N–H and O–H groups in total. The Morgan fingerprint density at radius 3 is 2.93 bits per heavy atom. The lowest BCUT2D eigenvalue weighted by Gasteiger charge is -2.04. The molecule has 0 radical (unpaired) electrons. The molecule has 0 saturated heterocycles. The fraction of sp³-hybridized carbons (Fsp3) is 0.375. The number of nitrogens with zero attached hydrogens (tertiary/aromatic N) is 2. The van der Waals surface area contributed by atoms with Gasteiger partial charge >= 0.3 is 5.69 Å². The predicted octanol–water partition coefficient (Wildman–Crippen LogP) is 1.26. The van der Waals surface area contributed by atoms with Gasteiger partial charge in [-0.3, -0.25) is 10.1 Å². The molecule has 1 aliphatic rings. The van der Waals surface area contributed by atoms with Crippen LogP contribution < -0.4 is 11.1 Å². The van der Waals surface area contributed by atoms with Crippen LogP contribution >= 0.6 is 15.9 Å². The fourth-order valence-electron chi connectivity index (χ4n) is 1.24. The van der Waals surface area contributed by atoms with E-state index in [0.717, 1.165) is 6.42 Å². The lowest BCUT2D eigenvalue weighted by atomic mass is 10.4. The zero-order valence-electron chi connectivity index (χ0n) is 7.68. The highest BCUT2D eigenvalue weighted by Gasteiger charge is 2.35. The molecule has 0 bridgehead atoms. The molecule has 1 saturated carbocycles. The van der Waals surface area contributed by atoms with Gasteiger partial charge in [0.25, 0.3) is 0 Å². The normalized spacial score (nSPS) is 23.6. The van der Waals surface area contributed by atoms with Crippen molar-refractivity contribution in [2.24, 2.45) is 5.73 Å². The van der Waals surface area contributed by atoms with Crippen LogP contribution in [0.1, 0.15) is 6.42 Å². The van der Waals surface area contributed by atoms with Crippen molar-refractivity contribution in [3.8, 4) is 0 Å². The topological polar surface area (TPSA) is 94.1 Å². The smallest absolute Gasteiger partial charge is 0.312 e. The Hall–Kier alpha value is -1.21. The lowest BCUT2D eigenvalue weighted by molar-refractivity contribution is -0.384. The summed E-state index contributed by atoms with van der Waals surface area (Å²) >= 11 is 3.14. The Kier molecular flexibility index (Phi) is 2.57. The zero-order valence-corrected chi connectivity index (χ0v) is 9.27. The number of halogens is 1. The minimum absolute atomic E-state index is 0.0384. The van der Waals surface area contributed by atoms with Crippen LogP contribution in [-0.4, -0.2) is 22.0 Å². The van der Waals surface area contributed by atoms with Crippen molar-refractivity contribution in [2.75, 3.05) is 5.32 Å². The summed E-state index contributed by atoms with van der Waals surface area (Å²) in [6.07, 6.45) is 2.35. The van der Waals surface area contributed by atoms with Gasteiger partial charge in [-0.25, -0.2) is 4.98 Å². The maximum absolute atomic E-state index is 10.7. The SMILES string of the molecule is NC1CC1Nc1ncc(Br)cc1[N+](=O)[O-]. The highest BCUT2D eigenvalue weighted by molar-refractivity contribution is 9.10. The summed E-state index contributed by atoms with van der Waals surface area (Å²) in [6.45, 7) is 0. The highest BCUT2D eigenvalue weighted by atomic mass is 79.9. The molecule has 1 aromatic heterocycles. The van der Waals surface area contributed by atoms with E-state index in [-0.39, 0.29) is 23.6 Å². The lowest BCUT2D eigenvalue weighted by Crippen LogP contribution is -2.14. The van der Waals surface area contributed by atoms with Crippen LogP contribution in [-0.2, 0) is 0 Å². The first kappa shape index (κ1) is 10.3. The van der Waals surface area contributed by atoms with E-state index in [0.29, 0.717) is 4.47 Å². The molecule has 7 heteroatoms. The number of nitro groups is 1. The van der Waals surface area contributed by atoms with Crippen molar-refractivity contribution < 1.29 is 4.92 Å². The van der Waals surface area contributed by atoms with E-state index in [4.69, 9.17) is 5.73 Å². The maximum Gasteiger partial charge on any atom is 0.312 e. The monoisotopic (exact) mass is 272 g/mol. The van der Waals surface area contributed by atoms with Gasteiger partial charge in [-0.05, 0) is 22.4 Å². The molecule has 2 rings (SSSR count). The van der Waals surface area contributed by atoms with Gasteiger partial charge in [-0.1, -0.05) is 0 Å². The number of pyridine rings is 1. The van der Waals surface area contributed by atoms with Crippen molar-refractivity contribution in [2.45, 2.75) is 18.5 Å². The zero-order chi connectivity index (χ0) is 11.0. The number of hydrogen-bond donors (Lipinski definition) is 2. The molecule has 0 spiro atoms. The van der Waals surface area contributed by atoms with Crippen LogP contribution in [0.3, 0.4) is 0 Å². The largest absolute Gasteiger partial charge is 0.360 e. The van der Waals surface area contributed by atoms with E-state index in [9.17, 15) is 10.1 Å². The van der Waals surface area contributed by atoms with Gasteiger partial charge in [0, 0.05) is 28.8 Å². The number of aromatic nitrogens is 1. The molecule has 2 unspecified atom stereocenters. The van der Waals surface area contributed by atoms with Crippen LogP contribution in [0.5, 0.6) is 0 Å². The molecule has 0 aromatic carbocycles. The van der Waals surface area contributed by atoms with Crippen molar-refractivity contribution in [3.63, 3.8) is 0 Å². The Morgan fingerprint density at radius 1 is 1.73 bits per heavy atom. The molecular weight excluding hydrogens is 264 g/mol. The van der Waals surface area contributed by atoms with Gasteiger partial charge in [0.05, 0.1) is 4.92 Å². The van der Waals surface area contributed by atoms with Crippen molar-refractivity contribution in [1.82, 2.24) is 4.98 Å². The molecule has 1 aliphatic carbocycles. The number of anilines is 1. The van der Waals surface area contributed by atoms with Crippen LogP contribution in [0.25, 0.3) is 0 Å². The van der Waals surface area contributed by atoms with Crippen LogP contribution in [0.4, 0.5) is 11.5 Å². The van der Waals surface area contributed by atoms with Crippen LogP contribution in [0, 0.1) is 10.1 Å². The number of rotatable bonds is 3. The van der Waals surface area contributed by atoms with E-state index >= 15 is 0 Å². The van der Waals surface area contributed by atoms with Gasteiger partial charge < -0.3 is 11.1 Å². The Morgan fingerprint density at radius 2 is 2.40 bits per heavy atom. The van der Waals surface area contributed by atoms with E-state index in [2.05, 4.69) is 26.2 Å². The second-order valence-electron chi connectivity index (χ2n) is 3.43. The third-order valence-electron chi connectivity index (χ3n) is 2.19. The quantitative estimate of drug-likeness (QED) is 0.638. The first-order valence-electron chi connectivity index (χ1n) is 4.40. The molecule has 0 amide bonds. The minimum Gasteiger partial charge on any atom is -0.360 e. The summed E-state index contributed by atoms with van der Waals surface area (Å²) in [5, 5.41) is 13.7. The molecule has 1 aromatic rings. The molecule has 15 heavy (non-hydrogen) atoms. The summed E-state index contributed by atoms with van der Waals surface area (Å²) < 4.78 is 0.583. The van der Waals surface area contributed by atoms with Gasteiger partial charge in [0.15, 0.2) is 0 Å². The summed E-state index contributed by atoms with van der Waals surface area (Å²) in [7, 11) is 0. The first-order chi connectivity index (χ1) is 7.08. The average Bonchev–Trinajstić information content (AvgIpc) is 2.85. The Bertz CT molecular complexity index is 412. The summed E-state index contributed by atoms with van der Waals surface area (Å²) in [4.78, 5) is 14.2. The van der Waals surface area contributed by atoms with Crippen LogP contribution in [0.15, 0.2) is 16.7 Å². The van der Waals surface area contributed by atoms with Gasteiger partial charge in [0.2, 0.25) is 5.82 Å². The van der Waals surface area contributed by atoms with Gasteiger partial charge in [-0.2, -0.15) is 0 Å². The molecule has 2 atom stereocenters. The molecule has 6 nitrogen and oxygen atoms in total. The molecule has 80 valence electrons. The van der Waals surface area contributed by atoms with E-state index in [1.54, 1.807) is 0 Å². The average molecular weight is 273 g/mol.